The lowest BCUT2D eigenvalue weighted by Crippen LogP contribution is -2.20. The molecule has 0 aliphatic rings. The Labute approximate surface area is 145 Å². The molecule has 1 N–H and O–H groups in total. The monoisotopic (exact) mass is 347 g/mol. The van der Waals surface area contributed by atoms with Crippen molar-refractivity contribution in [2.45, 2.75) is 13.8 Å². The summed E-state index contributed by atoms with van der Waals surface area (Å²) in [4.78, 5) is 23.6. The SMILES string of the molecule is COC(=O)c1cc(NC(=O)COc2ccc(C)c(C)c2)ccc1Cl. The van der Waals surface area contributed by atoms with Crippen LogP contribution in [0.2, 0.25) is 5.02 Å². The summed E-state index contributed by atoms with van der Waals surface area (Å²) in [6, 6.07) is 10.2. The van der Waals surface area contributed by atoms with Gasteiger partial charge in [0.2, 0.25) is 0 Å². The fourth-order valence-corrected chi connectivity index (χ4v) is 2.21. The fraction of sp³-hybridized carbons (Fsp3) is 0.222. The Bertz CT molecular complexity index is 774. The molecular formula is C18H18ClNO4. The predicted molar refractivity (Wildman–Crippen MR) is 92.8 cm³/mol. The van der Waals surface area contributed by atoms with Crippen molar-refractivity contribution in [3.8, 4) is 5.75 Å². The molecule has 0 heterocycles. The Morgan fingerprint density at radius 1 is 1.08 bits per heavy atom. The number of anilines is 1. The van der Waals surface area contributed by atoms with Gasteiger partial charge in [0.1, 0.15) is 5.75 Å². The number of hydrogen-bond acceptors (Lipinski definition) is 4. The van der Waals surface area contributed by atoms with E-state index < -0.39 is 5.97 Å². The highest BCUT2D eigenvalue weighted by molar-refractivity contribution is 6.33. The Morgan fingerprint density at radius 2 is 1.83 bits per heavy atom. The number of amides is 1. The van der Waals surface area contributed by atoms with E-state index in [0.717, 1.165) is 11.1 Å². The van der Waals surface area contributed by atoms with Gasteiger partial charge < -0.3 is 14.8 Å². The van der Waals surface area contributed by atoms with Crippen molar-refractivity contribution >= 4 is 29.2 Å². The summed E-state index contributed by atoms with van der Waals surface area (Å²) in [7, 11) is 1.27. The number of carbonyl (C=O) groups excluding carboxylic acids is 2. The molecule has 0 fully saturated rings. The van der Waals surface area contributed by atoms with Crippen LogP contribution in [0.5, 0.6) is 5.75 Å². The fourth-order valence-electron chi connectivity index (χ4n) is 2.02. The minimum atomic E-state index is -0.567. The van der Waals surface area contributed by atoms with Gasteiger partial charge in [-0.1, -0.05) is 17.7 Å². The van der Waals surface area contributed by atoms with E-state index in [1.54, 1.807) is 6.07 Å². The van der Waals surface area contributed by atoms with Crippen molar-refractivity contribution in [3.63, 3.8) is 0 Å². The van der Waals surface area contributed by atoms with Gasteiger partial charge in [-0.15, -0.1) is 0 Å². The molecule has 2 rings (SSSR count). The van der Waals surface area contributed by atoms with Crippen molar-refractivity contribution in [1.29, 1.82) is 0 Å². The van der Waals surface area contributed by atoms with Gasteiger partial charge in [0.05, 0.1) is 17.7 Å². The number of halogens is 1. The lowest BCUT2D eigenvalue weighted by molar-refractivity contribution is -0.118. The van der Waals surface area contributed by atoms with Crippen LogP contribution in [0.15, 0.2) is 36.4 Å². The molecule has 0 bridgehead atoms. The second-order valence-electron chi connectivity index (χ2n) is 5.27. The summed E-state index contributed by atoms with van der Waals surface area (Å²) in [6.45, 7) is 3.84. The van der Waals surface area contributed by atoms with Crippen LogP contribution >= 0.6 is 11.6 Å². The van der Waals surface area contributed by atoms with Crippen LogP contribution in [0.3, 0.4) is 0 Å². The Morgan fingerprint density at radius 3 is 2.50 bits per heavy atom. The first-order valence-corrected chi connectivity index (χ1v) is 7.66. The molecule has 6 heteroatoms. The van der Waals surface area contributed by atoms with Crippen molar-refractivity contribution in [3.05, 3.63) is 58.1 Å². The average Bonchev–Trinajstić information content (AvgIpc) is 2.57. The molecule has 0 aliphatic carbocycles. The standard InChI is InChI=1S/C18H18ClNO4/c1-11-4-6-14(8-12(11)2)24-10-17(21)20-13-5-7-16(19)15(9-13)18(22)23-3/h4-9H,10H2,1-3H3,(H,20,21). The van der Waals surface area contributed by atoms with E-state index >= 15 is 0 Å². The van der Waals surface area contributed by atoms with Gasteiger partial charge in [-0.3, -0.25) is 4.79 Å². The highest BCUT2D eigenvalue weighted by Crippen LogP contribution is 2.21. The molecule has 0 saturated heterocycles. The summed E-state index contributed by atoms with van der Waals surface area (Å²) < 4.78 is 10.1. The van der Waals surface area contributed by atoms with E-state index in [4.69, 9.17) is 16.3 Å². The van der Waals surface area contributed by atoms with E-state index in [9.17, 15) is 9.59 Å². The maximum atomic E-state index is 12.0. The largest absolute Gasteiger partial charge is 0.484 e. The van der Waals surface area contributed by atoms with E-state index in [1.807, 2.05) is 32.0 Å². The third kappa shape index (κ3) is 4.49. The molecule has 0 aromatic heterocycles. The lowest BCUT2D eigenvalue weighted by atomic mass is 10.1. The number of esters is 1. The van der Waals surface area contributed by atoms with Gasteiger partial charge >= 0.3 is 5.97 Å². The molecule has 0 atom stereocenters. The number of carbonyl (C=O) groups is 2. The number of rotatable bonds is 5. The number of ether oxygens (including phenoxy) is 2. The Kier molecular flexibility index (Phi) is 5.82. The Balaban J connectivity index is 1.99. The van der Waals surface area contributed by atoms with E-state index in [2.05, 4.69) is 10.1 Å². The highest BCUT2D eigenvalue weighted by Gasteiger charge is 2.12. The van der Waals surface area contributed by atoms with Crippen LogP contribution in [0, 0.1) is 13.8 Å². The summed E-state index contributed by atoms with van der Waals surface area (Å²) in [5.41, 5.74) is 2.87. The predicted octanol–water partition coefficient (Wildman–Crippen LogP) is 3.76. The Hall–Kier alpha value is -2.53. The average molecular weight is 348 g/mol. The molecule has 24 heavy (non-hydrogen) atoms. The van der Waals surface area contributed by atoms with Crippen molar-refractivity contribution in [1.82, 2.24) is 0 Å². The molecule has 0 unspecified atom stereocenters. The number of aryl methyl sites for hydroxylation is 2. The first-order chi connectivity index (χ1) is 11.4. The van der Waals surface area contributed by atoms with Gasteiger partial charge in [0.15, 0.2) is 6.61 Å². The highest BCUT2D eigenvalue weighted by atomic mass is 35.5. The first-order valence-electron chi connectivity index (χ1n) is 7.28. The zero-order valence-electron chi connectivity index (χ0n) is 13.7. The summed E-state index contributed by atoms with van der Waals surface area (Å²) in [5.74, 6) is -0.284. The van der Waals surface area contributed by atoms with Gasteiger partial charge in [0, 0.05) is 5.69 Å². The number of hydrogen-bond donors (Lipinski definition) is 1. The molecule has 2 aromatic rings. The third-order valence-electron chi connectivity index (χ3n) is 3.50. The number of benzene rings is 2. The molecule has 5 nitrogen and oxygen atoms in total. The summed E-state index contributed by atoms with van der Waals surface area (Å²) in [5, 5.41) is 2.91. The normalized spacial score (nSPS) is 10.2. The van der Waals surface area contributed by atoms with Crippen molar-refractivity contribution in [2.75, 3.05) is 19.0 Å². The van der Waals surface area contributed by atoms with Crippen LogP contribution in [-0.4, -0.2) is 25.6 Å². The molecule has 0 radical (unpaired) electrons. The molecular weight excluding hydrogens is 330 g/mol. The van der Waals surface area contributed by atoms with Crippen LogP contribution in [0.4, 0.5) is 5.69 Å². The van der Waals surface area contributed by atoms with E-state index in [0.29, 0.717) is 11.4 Å². The molecule has 126 valence electrons. The number of methoxy groups -OCH3 is 1. The number of nitrogens with one attached hydrogen (secondary N) is 1. The van der Waals surface area contributed by atoms with Crippen LogP contribution < -0.4 is 10.1 Å². The van der Waals surface area contributed by atoms with E-state index in [1.165, 1.54) is 19.2 Å². The molecule has 0 saturated carbocycles. The summed E-state index contributed by atoms with van der Waals surface area (Å²) in [6.07, 6.45) is 0. The minimum Gasteiger partial charge on any atom is -0.484 e. The topological polar surface area (TPSA) is 64.6 Å². The van der Waals surface area contributed by atoms with Gasteiger partial charge in [-0.2, -0.15) is 0 Å². The molecule has 2 aromatic carbocycles. The smallest absolute Gasteiger partial charge is 0.339 e. The lowest BCUT2D eigenvalue weighted by Gasteiger charge is -2.10. The molecule has 0 aliphatic heterocycles. The van der Waals surface area contributed by atoms with Crippen LogP contribution in [0.25, 0.3) is 0 Å². The van der Waals surface area contributed by atoms with Crippen LogP contribution in [0.1, 0.15) is 21.5 Å². The van der Waals surface area contributed by atoms with Crippen LogP contribution in [-0.2, 0) is 9.53 Å². The first kappa shape index (κ1) is 17.8. The second kappa shape index (κ2) is 7.84. The van der Waals surface area contributed by atoms with Crippen molar-refractivity contribution in [2.24, 2.45) is 0 Å². The zero-order valence-corrected chi connectivity index (χ0v) is 14.4. The maximum Gasteiger partial charge on any atom is 0.339 e. The quantitative estimate of drug-likeness (QED) is 0.836. The maximum absolute atomic E-state index is 12.0. The van der Waals surface area contributed by atoms with Gasteiger partial charge in [-0.05, 0) is 55.3 Å². The molecule has 1 amide bonds. The minimum absolute atomic E-state index is 0.140. The second-order valence-corrected chi connectivity index (χ2v) is 5.68. The third-order valence-corrected chi connectivity index (χ3v) is 3.83. The van der Waals surface area contributed by atoms with Gasteiger partial charge in [-0.25, -0.2) is 4.79 Å². The zero-order chi connectivity index (χ0) is 17.7. The van der Waals surface area contributed by atoms with E-state index in [-0.39, 0.29) is 23.1 Å². The molecule has 0 spiro atoms. The summed E-state index contributed by atoms with van der Waals surface area (Å²) >= 11 is 5.94. The van der Waals surface area contributed by atoms with Crippen molar-refractivity contribution < 1.29 is 19.1 Å². The van der Waals surface area contributed by atoms with Gasteiger partial charge in [0.25, 0.3) is 5.91 Å².